The number of carbonyl (C=O) groups excluding carboxylic acids is 3. The fourth-order valence-corrected chi connectivity index (χ4v) is 4.83. The number of urea groups is 1. The molecule has 0 unspecified atom stereocenters. The first kappa shape index (κ1) is 24.7. The molecule has 0 radical (unpaired) electrons. The summed E-state index contributed by atoms with van der Waals surface area (Å²) in [7, 11) is 2.12. The van der Waals surface area contributed by atoms with Gasteiger partial charge in [-0.05, 0) is 55.1 Å². The van der Waals surface area contributed by atoms with Crippen molar-refractivity contribution in [2.45, 2.75) is 45.1 Å². The van der Waals surface area contributed by atoms with E-state index in [1.807, 2.05) is 18.2 Å². The number of amides is 4. The minimum Gasteiger partial charge on any atom is -0.457 e. The third-order valence-electron chi connectivity index (χ3n) is 6.60. The third kappa shape index (κ3) is 7.05. The van der Waals surface area contributed by atoms with Crippen LogP contribution in [0.4, 0.5) is 4.79 Å². The second-order valence-electron chi connectivity index (χ2n) is 9.47. The lowest BCUT2D eigenvalue weighted by Crippen LogP contribution is -2.40. The molecule has 0 aromatic heterocycles. The third-order valence-corrected chi connectivity index (χ3v) is 6.60. The van der Waals surface area contributed by atoms with Crippen molar-refractivity contribution in [2.75, 3.05) is 26.7 Å². The molecule has 1 heterocycles. The highest BCUT2D eigenvalue weighted by atomic mass is 16.5. The van der Waals surface area contributed by atoms with Gasteiger partial charge in [0.25, 0.3) is 5.91 Å². The number of hydrogen-bond acceptors (Lipinski definition) is 5. The second-order valence-corrected chi connectivity index (χ2v) is 9.47. The van der Waals surface area contributed by atoms with Gasteiger partial charge in [0, 0.05) is 26.2 Å². The lowest BCUT2D eigenvalue weighted by Gasteiger charge is -2.27. The molecule has 0 atom stereocenters. The van der Waals surface area contributed by atoms with E-state index in [0.717, 1.165) is 24.6 Å². The van der Waals surface area contributed by atoms with Gasteiger partial charge in [-0.2, -0.15) is 0 Å². The van der Waals surface area contributed by atoms with Crippen molar-refractivity contribution < 1.29 is 19.1 Å². The molecule has 3 N–H and O–H groups in total. The van der Waals surface area contributed by atoms with E-state index in [4.69, 9.17) is 4.74 Å². The Morgan fingerprint density at radius 2 is 1.89 bits per heavy atom. The first-order valence-electron chi connectivity index (χ1n) is 12.4. The van der Waals surface area contributed by atoms with Gasteiger partial charge in [0.15, 0.2) is 0 Å². The first-order chi connectivity index (χ1) is 17.0. The van der Waals surface area contributed by atoms with Crippen LogP contribution in [0.15, 0.2) is 42.5 Å². The second kappa shape index (κ2) is 11.8. The van der Waals surface area contributed by atoms with Gasteiger partial charge in [-0.15, -0.1) is 0 Å². The highest BCUT2D eigenvalue weighted by Crippen LogP contribution is 2.30. The van der Waals surface area contributed by atoms with E-state index in [2.05, 4.69) is 27.9 Å². The average Bonchev–Trinajstić information content (AvgIpc) is 2.83. The largest absolute Gasteiger partial charge is 0.457 e. The Morgan fingerprint density at radius 3 is 2.71 bits per heavy atom. The predicted octanol–water partition coefficient (Wildman–Crippen LogP) is 3.60. The van der Waals surface area contributed by atoms with Crippen molar-refractivity contribution in [1.82, 2.24) is 20.9 Å². The van der Waals surface area contributed by atoms with Crippen LogP contribution in [0.1, 0.15) is 53.6 Å². The van der Waals surface area contributed by atoms with Gasteiger partial charge < -0.3 is 20.3 Å². The maximum atomic E-state index is 12.3. The van der Waals surface area contributed by atoms with Crippen LogP contribution >= 0.6 is 0 Å². The zero-order chi connectivity index (χ0) is 24.6. The van der Waals surface area contributed by atoms with Crippen LogP contribution in [0.3, 0.4) is 0 Å². The van der Waals surface area contributed by atoms with E-state index in [1.165, 1.54) is 32.1 Å². The van der Waals surface area contributed by atoms with Crippen molar-refractivity contribution in [3.8, 4) is 11.5 Å². The molecule has 35 heavy (non-hydrogen) atoms. The Labute approximate surface area is 206 Å². The Bertz CT molecular complexity index is 1060. The van der Waals surface area contributed by atoms with Gasteiger partial charge in [-0.25, -0.2) is 4.79 Å². The molecule has 8 heteroatoms. The van der Waals surface area contributed by atoms with Gasteiger partial charge in [0.05, 0.1) is 12.0 Å². The minimum absolute atomic E-state index is 0.147. The normalized spacial score (nSPS) is 15.9. The van der Waals surface area contributed by atoms with Crippen molar-refractivity contribution in [3.63, 3.8) is 0 Å². The molecule has 186 valence electrons. The summed E-state index contributed by atoms with van der Waals surface area (Å²) in [5.41, 5.74) is 1.90. The number of carbonyl (C=O) groups is 3. The fourth-order valence-electron chi connectivity index (χ4n) is 4.83. The quantitative estimate of drug-likeness (QED) is 0.478. The smallest absolute Gasteiger partial charge is 0.315 e. The monoisotopic (exact) mass is 478 g/mol. The summed E-state index contributed by atoms with van der Waals surface area (Å²) in [6, 6.07) is 12.4. The molecule has 0 spiro atoms. The molecule has 4 amide bonds. The molecule has 1 aliphatic carbocycles. The van der Waals surface area contributed by atoms with Gasteiger partial charge >= 0.3 is 6.03 Å². The Balaban J connectivity index is 1.24. The maximum Gasteiger partial charge on any atom is 0.315 e. The minimum atomic E-state index is -0.453. The average molecular weight is 479 g/mol. The molecule has 1 fully saturated rings. The van der Waals surface area contributed by atoms with Crippen LogP contribution in [-0.4, -0.2) is 49.4 Å². The first-order valence-corrected chi connectivity index (χ1v) is 12.4. The van der Waals surface area contributed by atoms with E-state index in [0.29, 0.717) is 35.7 Å². The number of hydrogen-bond donors (Lipinski definition) is 3. The lowest BCUT2D eigenvalue weighted by molar-refractivity contribution is -0.119. The number of ether oxygens (including phenoxy) is 1. The van der Waals surface area contributed by atoms with Crippen LogP contribution in [-0.2, 0) is 17.8 Å². The summed E-state index contributed by atoms with van der Waals surface area (Å²) in [5.74, 6) is 0.961. The van der Waals surface area contributed by atoms with E-state index >= 15 is 0 Å². The molecule has 0 saturated heterocycles. The van der Waals surface area contributed by atoms with Crippen molar-refractivity contribution in [3.05, 3.63) is 59.2 Å². The standard InChI is InChI=1S/C27H34N4O4/c1-31(18-19-7-3-2-4-8-19)14-13-28-27(34)29-17-20-9-5-11-22(15-20)35-23-12-6-10-21-16-24(32)30-26(33)25(21)23/h5-6,9-12,15,19H,2-4,7-8,13-14,16-18H2,1H3,(H2,28,29,34)(H,30,32,33). The van der Waals surface area contributed by atoms with Crippen LogP contribution < -0.4 is 20.7 Å². The SMILES string of the molecule is CN(CCNC(=O)NCc1cccc(Oc2cccc3c2C(=O)NC(=O)C3)c1)CC1CCCCC1. The maximum absolute atomic E-state index is 12.3. The summed E-state index contributed by atoms with van der Waals surface area (Å²) in [5, 5.41) is 8.14. The molecule has 0 bridgehead atoms. The molecule has 1 saturated carbocycles. The molecular formula is C27H34N4O4. The van der Waals surface area contributed by atoms with E-state index < -0.39 is 5.91 Å². The summed E-state index contributed by atoms with van der Waals surface area (Å²) >= 11 is 0. The van der Waals surface area contributed by atoms with Crippen LogP contribution in [0.25, 0.3) is 0 Å². The van der Waals surface area contributed by atoms with E-state index in [9.17, 15) is 14.4 Å². The van der Waals surface area contributed by atoms with Crippen LogP contribution in [0.5, 0.6) is 11.5 Å². The van der Waals surface area contributed by atoms with Gasteiger partial charge in [0.2, 0.25) is 5.91 Å². The number of likely N-dealkylation sites (N-methyl/N-ethyl adjacent to an activating group) is 1. The number of nitrogens with one attached hydrogen (secondary N) is 3. The van der Waals surface area contributed by atoms with Crippen LogP contribution in [0.2, 0.25) is 0 Å². The van der Waals surface area contributed by atoms with E-state index in [1.54, 1.807) is 24.3 Å². The molecule has 1 aliphatic heterocycles. The zero-order valence-corrected chi connectivity index (χ0v) is 20.3. The number of nitrogens with zero attached hydrogens (tertiary/aromatic N) is 1. The summed E-state index contributed by atoms with van der Waals surface area (Å²) in [6.45, 7) is 2.87. The van der Waals surface area contributed by atoms with Crippen molar-refractivity contribution in [2.24, 2.45) is 5.92 Å². The summed E-state index contributed by atoms with van der Waals surface area (Å²) < 4.78 is 5.98. The number of benzene rings is 2. The summed E-state index contributed by atoms with van der Waals surface area (Å²) in [6.07, 6.45) is 6.84. The number of imide groups is 1. The Hall–Kier alpha value is -3.39. The van der Waals surface area contributed by atoms with Gasteiger partial charge in [0.1, 0.15) is 11.5 Å². The molecule has 8 nitrogen and oxygen atoms in total. The van der Waals surface area contributed by atoms with E-state index in [-0.39, 0.29) is 18.4 Å². The molecular weight excluding hydrogens is 444 g/mol. The zero-order valence-electron chi connectivity index (χ0n) is 20.3. The van der Waals surface area contributed by atoms with Crippen molar-refractivity contribution >= 4 is 17.8 Å². The molecule has 2 aliphatic rings. The summed E-state index contributed by atoms with van der Waals surface area (Å²) in [4.78, 5) is 38.5. The topological polar surface area (TPSA) is 99.8 Å². The molecule has 4 rings (SSSR count). The highest BCUT2D eigenvalue weighted by Gasteiger charge is 2.26. The fraction of sp³-hybridized carbons (Fsp3) is 0.444. The lowest BCUT2D eigenvalue weighted by atomic mass is 9.89. The van der Waals surface area contributed by atoms with Gasteiger partial charge in [-0.1, -0.05) is 43.5 Å². The van der Waals surface area contributed by atoms with Crippen LogP contribution in [0, 0.1) is 5.92 Å². The van der Waals surface area contributed by atoms with Crippen molar-refractivity contribution in [1.29, 1.82) is 0 Å². The number of rotatable bonds is 9. The highest BCUT2D eigenvalue weighted by molar-refractivity contribution is 6.11. The Morgan fingerprint density at radius 1 is 1.09 bits per heavy atom. The predicted molar refractivity (Wildman–Crippen MR) is 133 cm³/mol. The number of fused-ring (bicyclic) bond motifs is 1. The molecule has 2 aromatic carbocycles. The Kier molecular flexibility index (Phi) is 8.36. The molecule has 2 aromatic rings. The van der Waals surface area contributed by atoms with Gasteiger partial charge in [-0.3, -0.25) is 14.9 Å².